The number of benzene rings is 1. The number of carbonyl (C=O) groups is 1. The first kappa shape index (κ1) is 14.6. The minimum Gasteiger partial charge on any atom is -0.289 e. The lowest BCUT2D eigenvalue weighted by Crippen LogP contribution is -2.00. The second-order valence-electron chi connectivity index (χ2n) is 4.85. The standard InChI is InChI=1S/C15H15N3O3/c1-11(2)17-10-13(9-16-17)15(19)7-6-12-4-3-5-14(8-12)18(20)21/h3-11H,1-2H3/b7-6+. The number of nitro groups is 1. The van der Waals surface area contributed by atoms with Crippen molar-refractivity contribution in [2.75, 3.05) is 0 Å². The maximum absolute atomic E-state index is 12.0. The number of aromatic nitrogens is 2. The van der Waals surface area contributed by atoms with Gasteiger partial charge < -0.3 is 0 Å². The molecule has 0 aliphatic rings. The molecule has 6 heteroatoms. The van der Waals surface area contributed by atoms with Crippen molar-refractivity contribution in [3.8, 4) is 0 Å². The number of hydrogen-bond donors (Lipinski definition) is 0. The predicted octanol–water partition coefficient (Wildman–Crippen LogP) is 3.27. The van der Waals surface area contributed by atoms with Crippen molar-refractivity contribution in [1.82, 2.24) is 9.78 Å². The van der Waals surface area contributed by atoms with Gasteiger partial charge in [-0.05, 0) is 25.5 Å². The summed E-state index contributed by atoms with van der Waals surface area (Å²) in [5.41, 5.74) is 1.09. The Kier molecular flexibility index (Phi) is 4.27. The molecular weight excluding hydrogens is 270 g/mol. The Morgan fingerprint density at radius 2 is 2.19 bits per heavy atom. The molecule has 0 aliphatic carbocycles. The Morgan fingerprint density at radius 3 is 2.81 bits per heavy atom. The van der Waals surface area contributed by atoms with Crippen LogP contribution in [0.15, 0.2) is 42.7 Å². The van der Waals surface area contributed by atoms with Crippen molar-refractivity contribution in [2.24, 2.45) is 0 Å². The van der Waals surface area contributed by atoms with Crippen molar-refractivity contribution in [2.45, 2.75) is 19.9 Å². The van der Waals surface area contributed by atoms with Crippen molar-refractivity contribution in [1.29, 1.82) is 0 Å². The summed E-state index contributed by atoms with van der Waals surface area (Å²) in [6.45, 7) is 3.94. The summed E-state index contributed by atoms with van der Waals surface area (Å²) in [6, 6.07) is 6.30. The van der Waals surface area contributed by atoms with Crippen molar-refractivity contribution >= 4 is 17.5 Å². The third-order valence-corrected chi connectivity index (χ3v) is 2.92. The number of nitrogens with zero attached hydrogens (tertiary/aromatic N) is 3. The molecule has 0 radical (unpaired) electrons. The number of allylic oxidation sites excluding steroid dienone is 1. The summed E-state index contributed by atoms with van der Waals surface area (Å²) in [5, 5.41) is 14.8. The van der Waals surface area contributed by atoms with Gasteiger partial charge in [0.25, 0.3) is 5.69 Å². The molecular formula is C15H15N3O3. The molecule has 0 saturated carbocycles. The van der Waals surface area contributed by atoms with Crippen LogP contribution in [-0.2, 0) is 0 Å². The highest BCUT2D eigenvalue weighted by atomic mass is 16.6. The highest BCUT2D eigenvalue weighted by Gasteiger charge is 2.08. The van der Waals surface area contributed by atoms with Crippen molar-refractivity contribution < 1.29 is 9.72 Å². The van der Waals surface area contributed by atoms with Crippen LogP contribution in [0.5, 0.6) is 0 Å². The van der Waals surface area contributed by atoms with Crippen LogP contribution in [0, 0.1) is 10.1 Å². The lowest BCUT2D eigenvalue weighted by Gasteiger charge is -2.02. The van der Waals surface area contributed by atoms with Crippen LogP contribution < -0.4 is 0 Å². The Bertz CT molecular complexity index is 702. The normalized spacial score (nSPS) is 11.2. The molecule has 1 aromatic carbocycles. The highest BCUT2D eigenvalue weighted by molar-refractivity contribution is 6.06. The van der Waals surface area contributed by atoms with E-state index < -0.39 is 4.92 Å². The molecule has 2 rings (SSSR count). The van der Waals surface area contributed by atoms with E-state index in [4.69, 9.17) is 0 Å². The highest BCUT2D eigenvalue weighted by Crippen LogP contribution is 2.14. The molecule has 1 heterocycles. The topological polar surface area (TPSA) is 78.0 Å². The van der Waals surface area contributed by atoms with E-state index in [1.165, 1.54) is 24.4 Å². The molecule has 0 amide bonds. The van der Waals surface area contributed by atoms with Crippen LogP contribution in [0.3, 0.4) is 0 Å². The molecule has 21 heavy (non-hydrogen) atoms. The van der Waals surface area contributed by atoms with Crippen LogP contribution in [-0.4, -0.2) is 20.5 Å². The molecule has 1 aromatic heterocycles. The van der Waals surface area contributed by atoms with E-state index in [0.717, 1.165) is 0 Å². The van der Waals surface area contributed by atoms with Gasteiger partial charge in [0.05, 0.1) is 16.7 Å². The predicted molar refractivity (Wildman–Crippen MR) is 79.1 cm³/mol. The molecule has 0 bridgehead atoms. The second kappa shape index (κ2) is 6.13. The largest absolute Gasteiger partial charge is 0.289 e. The second-order valence-corrected chi connectivity index (χ2v) is 4.85. The zero-order chi connectivity index (χ0) is 15.4. The van der Waals surface area contributed by atoms with E-state index in [0.29, 0.717) is 11.1 Å². The number of rotatable bonds is 5. The molecule has 0 N–H and O–H groups in total. The van der Waals surface area contributed by atoms with Crippen molar-refractivity contribution in [3.05, 3.63) is 64.0 Å². The van der Waals surface area contributed by atoms with Gasteiger partial charge in [0.15, 0.2) is 5.78 Å². The van der Waals surface area contributed by atoms with Gasteiger partial charge in [0.2, 0.25) is 0 Å². The Balaban J connectivity index is 2.14. The van der Waals surface area contributed by atoms with E-state index in [9.17, 15) is 14.9 Å². The lowest BCUT2D eigenvalue weighted by molar-refractivity contribution is -0.384. The molecule has 0 atom stereocenters. The Labute approximate surface area is 121 Å². The number of nitro benzene ring substituents is 1. The smallest absolute Gasteiger partial charge is 0.270 e. The first-order chi connectivity index (χ1) is 9.97. The molecule has 0 spiro atoms. The fourth-order valence-electron chi connectivity index (χ4n) is 1.76. The molecule has 0 unspecified atom stereocenters. The molecule has 108 valence electrons. The van der Waals surface area contributed by atoms with E-state index in [1.54, 1.807) is 29.1 Å². The lowest BCUT2D eigenvalue weighted by atomic mass is 10.1. The number of carbonyl (C=O) groups excluding carboxylic acids is 1. The van der Waals surface area contributed by atoms with Gasteiger partial charge in [0.1, 0.15) is 0 Å². The summed E-state index contributed by atoms with van der Waals surface area (Å²) in [7, 11) is 0. The monoisotopic (exact) mass is 285 g/mol. The van der Waals surface area contributed by atoms with Gasteiger partial charge in [-0.15, -0.1) is 0 Å². The van der Waals surface area contributed by atoms with E-state index in [-0.39, 0.29) is 17.5 Å². The summed E-state index contributed by atoms with van der Waals surface area (Å²) < 4.78 is 1.70. The summed E-state index contributed by atoms with van der Waals surface area (Å²) in [4.78, 5) is 22.2. The third-order valence-electron chi connectivity index (χ3n) is 2.92. The van der Waals surface area contributed by atoms with Gasteiger partial charge in [-0.3, -0.25) is 19.6 Å². The van der Waals surface area contributed by atoms with E-state index >= 15 is 0 Å². The van der Waals surface area contributed by atoms with Gasteiger partial charge in [-0.25, -0.2) is 0 Å². The van der Waals surface area contributed by atoms with Gasteiger partial charge in [0, 0.05) is 24.4 Å². The first-order valence-electron chi connectivity index (χ1n) is 6.48. The average Bonchev–Trinajstić information content (AvgIpc) is 2.95. The van der Waals surface area contributed by atoms with Gasteiger partial charge >= 0.3 is 0 Å². The summed E-state index contributed by atoms with van der Waals surface area (Å²) in [5.74, 6) is -0.187. The van der Waals surface area contributed by atoms with Crippen LogP contribution in [0.2, 0.25) is 0 Å². The SMILES string of the molecule is CC(C)n1cc(C(=O)/C=C/c2cccc([N+](=O)[O-])c2)cn1. The zero-order valence-corrected chi connectivity index (χ0v) is 11.8. The number of hydrogen-bond acceptors (Lipinski definition) is 4. The van der Waals surface area contributed by atoms with Crippen LogP contribution in [0.1, 0.15) is 35.8 Å². The number of non-ortho nitro benzene ring substituents is 1. The first-order valence-corrected chi connectivity index (χ1v) is 6.48. The Hall–Kier alpha value is -2.76. The maximum atomic E-state index is 12.0. The van der Waals surface area contributed by atoms with E-state index in [2.05, 4.69) is 5.10 Å². The zero-order valence-electron chi connectivity index (χ0n) is 11.8. The van der Waals surface area contributed by atoms with Crippen LogP contribution in [0.25, 0.3) is 6.08 Å². The van der Waals surface area contributed by atoms with Crippen LogP contribution >= 0.6 is 0 Å². The van der Waals surface area contributed by atoms with Crippen molar-refractivity contribution in [3.63, 3.8) is 0 Å². The molecule has 2 aromatic rings. The quantitative estimate of drug-likeness (QED) is 0.365. The fraction of sp³-hybridized carbons (Fsp3) is 0.200. The minimum absolute atomic E-state index is 0.00257. The number of ketones is 1. The Morgan fingerprint density at radius 1 is 1.43 bits per heavy atom. The average molecular weight is 285 g/mol. The maximum Gasteiger partial charge on any atom is 0.270 e. The van der Waals surface area contributed by atoms with Crippen LogP contribution in [0.4, 0.5) is 5.69 Å². The third kappa shape index (κ3) is 3.62. The van der Waals surface area contributed by atoms with Gasteiger partial charge in [-0.2, -0.15) is 5.10 Å². The summed E-state index contributed by atoms with van der Waals surface area (Å²) in [6.07, 6.45) is 6.15. The van der Waals surface area contributed by atoms with E-state index in [1.807, 2.05) is 13.8 Å². The molecule has 0 fully saturated rings. The molecule has 0 saturated heterocycles. The van der Waals surface area contributed by atoms with Gasteiger partial charge in [-0.1, -0.05) is 18.2 Å². The molecule has 0 aliphatic heterocycles. The fourth-order valence-corrected chi connectivity index (χ4v) is 1.76. The summed E-state index contributed by atoms with van der Waals surface area (Å²) >= 11 is 0. The molecule has 6 nitrogen and oxygen atoms in total. The minimum atomic E-state index is -0.466.